The zero-order valence-corrected chi connectivity index (χ0v) is 16.2. The molecule has 3 aromatic rings. The number of nitrogens with one attached hydrogen (secondary N) is 1. The summed E-state index contributed by atoms with van der Waals surface area (Å²) < 4.78 is 5.18. The summed E-state index contributed by atoms with van der Waals surface area (Å²) in [5.74, 6) is -0.989. The van der Waals surface area contributed by atoms with Crippen molar-refractivity contribution >= 4 is 11.9 Å². The minimum Gasteiger partial charge on any atom is -0.451 e. The first-order valence-electron chi connectivity index (χ1n) is 9.65. The maximum atomic E-state index is 12.4. The number of carbonyl (C=O) groups is 2. The first kappa shape index (κ1) is 18.9. The number of nitrogens with zero attached hydrogens (tertiary/aromatic N) is 3. The van der Waals surface area contributed by atoms with E-state index in [1.165, 1.54) is 10.4 Å². The number of aromatic nitrogens is 3. The molecule has 1 aromatic heterocycles. The van der Waals surface area contributed by atoms with Crippen LogP contribution in [0.2, 0.25) is 0 Å². The Balaban J connectivity index is 1.37. The number of aryl methyl sites for hydroxylation is 2. The molecule has 1 N–H and O–H groups in total. The molecule has 0 aliphatic heterocycles. The molecule has 0 saturated carbocycles. The number of hydrogen-bond donors (Lipinski definition) is 1. The molecule has 7 nitrogen and oxygen atoms in total. The summed E-state index contributed by atoms with van der Waals surface area (Å²) in [6, 6.07) is 17.3. The Bertz CT molecular complexity index is 1030. The standard InChI is InChI=1S/C22H22N4O3/c1-15-21(25-26(24-15)17-10-3-2-4-11-17)22(28)29-14-20(27)23-19-13-7-9-16-8-5-6-12-18(16)19/h2-6,8,10-12,19H,7,9,13-14H2,1H3,(H,23,27). The molecule has 0 fully saturated rings. The fraction of sp³-hybridized carbons (Fsp3) is 0.273. The lowest BCUT2D eigenvalue weighted by molar-refractivity contribution is -0.125. The Labute approximate surface area is 168 Å². The van der Waals surface area contributed by atoms with Crippen molar-refractivity contribution in [2.24, 2.45) is 0 Å². The van der Waals surface area contributed by atoms with Crippen LogP contribution in [-0.2, 0) is 16.0 Å². The van der Waals surface area contributed by atoms with Crippen molar-refractivity contribution in [3.05, 3.63) is 77.1 Å². The van der Waals surface area contributed by atoms with Crippen molar-refractivity contribution in [1.82, 2.24) is 20.3 Å². The van der Waals surface area contributed by atoms with Gasteiger partial charge in [0.25, 0.3) is 5.91 Å². The lowest BCUT2D eigenvalue weighted by Crippen LogP contribution is -2.34. The largest absolute Gasteiger partial charge is 0.451 e. The number of rotatable bonds is 5. The summed E-state index contributed by atoms with van der Waals surface area (Å²) in [7, 11) is 0. The molecule has 1 aliphatic rings. The molecule has 1 aliphatic carbocycles. The molecule has 7 heteroatoms. The maximum Gasteiger partial charge on any atom is 0.361 e. The van der Waals surface area contributed by atoms with E-state index < -0.39 is 5.97 Å². The van der Waals surface area contributed by atoms with Crippen LogP contribution in [0, 0.1) is 6.92 Å². The average molecular weight is 390 g/mol. The van der Waals surface area contributed by atoms with Gasteiger partial charge in [-0.3, -0.25) is 4.79 Å². The molecule has 1 amide bonds. The van der Waals surface area contributed by atoms with E-state index in [0.717, 1.165) is 30.5 Å². The molecule has 0 spiro atoms. The predicted octanol–water partition coefficient (Wildman–Crippen LogP) is 2.93. The number of benzene rings is 2. The van der Waals surface area contributed by atoms with Gasteiger partial charge in [0.15, 0.2) is 12.3 Å². The van der Waals surface area contributed by atoms with Crippen LogP contribution in [0.3, 0.4) is 0 Å². The second kappa shape index (κ2) is 8.26. The molecular weight excluding hydrogens is 368 g/mol. The van der Waals surface area contributed by atoms with Crippen molar-refractivity contribution in [2.45, 2.75) is 32.2 Å². The van der Waals surface area contributed by atoms with Crippen molar-refractivity contribution in [3.63, 3.8) is 0 Å². The van der Waals surface area contributed by atoms with Gasteiger partial charge in [0.2, 0.25) is 0 Å². The van der Waals surface area contributed by atoms with E-state index in [1.54, 1.807) is 6.92 Å². The van der Waals surface area contributed by atoms with E-state index in [0.29, 0.717) is 5.69 Å². The Morgan fingerprint density at radius 1 is 1.10 bits per heavy atom. The summed E-state index contributed by atoms with van der Waals surface area (Å²) in [5, 5.41) is 11.4. The van der Waals surface area contributed by atoms with E-state index >= 15 is 0 Å². The summed E-state index contributed by atoms with van der Waals surface area (Å²) in [4.78, 5) is 26.1. The van der Waals surface area contributed by atoms with Crippen LogP contribution in [0.15, 0.2) is 54.6 Å². The Morgan fingerprint density at radius 3 is 2.69 bits per heavy atom. The number of para-hydroxylation sites is 1. The highest BCUT2D eigenvalue weighted by Gasteiger charge is 2.23. The summed E-state index contributed by atoms with van der Waals surface area (Å²) in [6.45, 7) is 1.33. The Hall–Kier alpha value is -3.48. The number of ether oxygens (including phenoxy) is 1. The zero-order chi connectivity index (χ0) is 20.2. The minimum atomic E-state index is -0.663. The van der Waals surface area contributed by atoms with Gasteiger partial charge < -0.3 is 10.1 Å². The summed E-state index contributed by atoms with van der Waals surface area (Å²) >= 11 is 0. The third-order valence-corrected chi connectivity index (χ3v) is 5.00. The number of carbonyl (C=O) groups excluding carboxylic acids is 2. The number of amides is 1. The highest BCUT2D eigenvalue weighted by Crippen LogP contribution is 2.29. The normalized spacial score (nSPS) is 15.4. The van der Waals surface area contributed by atoms with Crippen LogP contribution in [-0.4, -0.2) is 33.5 Å². The topological polar surface area (TPSA) is 86.1 Å². The van der Waals surface area contributed by atoms with Crippen LogP contribution >= 0.6 is 0 Å². The smallest absolute Gasteiger partial charge is 0.361 e. The highest BCUT2D eigenvalue weighted by atomic mass is 16.5. The van der Waals surface area contributed by atoms with Gasteiger partial charge in [-0.25, -0.2) is 4.79 Å². The Morgan fingerprint density at radius 2 is 1.86 bits per heavy atom. The number of hydrogen-bond acceptors (Lipinski definition) is 5. The summed E-state index contributed by atoms with van der Waals surface area (Å²) in [6.07, 6.45) is 2.92. The zero-order valence-electron chi connectivity index (χ0n) is 16.2. The Kier molecular flexibility index (Phi) is 5.37. The quantitative estimate of drug-likeness (QED) is 0.677. The monoisotopic (exact) mass is 390 g/mol. The fourth-order valence-corrected chi connectivity index (χ4v) is 3.58. The molecule has 1 atom stereocenters. The third kappa shape index (κ3) is 4.18. The van der Waals surface area contributed by atoms with Gasteiger partial charge in [-0.05, 0) is 49.4 Å². The van der Waals surface area contributed by atoms with Crippen molar-refractivity contribution < 1.29 is 14.3 Å². The van der Waals surface area contributed by atoms with Gasteiger partial charge in [0.1, 0.15) is 0 Å². The average Bonchev–Trinajstić information content (AvgIpc) is 3.15. The van der Waals surface area contributed by atoms with Gasteiger partial charge in [0.05, 0.1) is 17.4 Å². The third-order valence-electron chi connectivity index (χ3n) is 5.00. The summed E-state index contributed by atoms with van der Waals surface area (Å²) in [5.41, 5.74) is 3.68. The van der Waals surface area contributed by atoms with Crippen LogP contribution in [0.1, 0.15) is 46.2 Å². The van der Waals surface area contributed by atoms with Crippen molar-refractivity contribution in [2.75, 3.05) is 6.61 Å². The van der Waals surface area contributed by atoms with E-state index in [9.17, 15) is 9.59 Å². The van der Waals surface area contributed by atoms with Crippen LogP contribution < -0.4 is 5.32 Å². The van der Waals surface area contributed by atoms with E-state index in [-0.39, 0.29) is 24.2 Å². The number of esters is 1. The van der Waals surface area contributed by atoms with Gasteiger partial charge in [0, 0.05) is 0 Å². The molecule has 4 rings (SSSR count). The molecule has 0 bridgehead atoms. The number of fused-ring (bicyclic) bond motifs is 1. The van der Waals surface area contributed by atoms with Crippen LogP contribution in [0.5, 0.6) is 0 Å². The molecule has 29 heavy (non-hydrogen) atoms. The molecule has 148 valence electrons. The molecule has 0 saturated heterocycles. The van der Waals surface area contributed by atoms with Gasteiger partial charge in [-0.15, -0.1) is 5.10 Å². The lowest BCUT2D eigenvalue weighted by Gasteiger charge is -2.26. The predicted molar refractivity (Wildman–Crippen MR) is 107 cm³/mol. The maximum absolute atomic E-state index is 12.4. The second-order valence-electron chi connectivity index (χ2n) is 7.05. The highest BCUT2D eigenvalue weighted by molar-refractivity contribution is 5.90. The molecule has 2 aromatic carbocycles. The second-order valence-corrected chi connectivity index (χ2v) is 7.05. The fourth-order valence-electron chi connectivity index (χ4n) is 3.58. The van der Waals surface area contributed by atoms with Gasteiger partial charge in [-0.2, -0.15) is 9.90 Å². The van der Waals surface area contributed by atoms with E-state index in [1.807, 2.05) is 48.5 Å². The van der Waals surface area contributed by atoms with E-state index in [4.69, 9.17) is 4.74 Å². The van der Waals surface area contributed by atoms with Crippen molar-refractivity contribution in [1.29, 1.82) is 0 Å². The SMILES string of the molecule is Cc1nn(-c2ccccc2)nc1C(=O)OCC(=O)NC1CCCc2ccccc21. The van der Waals surface area contributed by atoms with Crippen molar-refractivity contribution in [3.8, 4) is 5.69 Å². The molecule has 0 radical (unpaired) electrons. The molecular formula is C22H22N4O3. The molecule has 1 unspecified atom stereocenters. The van der Waals surface area contributed by atoms with Crippen LogP contribution in [0.4, 0.5) is 0 Å². The molecule has 1 heterocycles. The van der Waals surface area contributed by atoms with Gasteiger partial charge in [-0.1, -0.05) is 42.5 Å². The minimum absolute atomic E-state index is 0.0492. The first-order chi connectivity index (χ1) is 14.1. The van der Waals surface area contributed by atoms with Crippen LogP contribution in [0.25, 0.3) is 5.69 Å². The lowest BCUT2D eigenvalue weighted by atomic mass is 9.88. The first-order valence-corrected chi connectivity index (χ1v) is 9.65. The van der Waals surface area contributed by atoms with E-state index in [2.05, 4.69) is 21.6 Å². The van der Waals surface area contributed by atoms with Gasteiger partial charge >= 0.3 is 5.97 Å².